The van der Waals surface area contributed by atoms with Crippen molar-refractivity contribution >= 4 is 0 Å². The van der Waals surface area contributed by atoms with Crippen molar-refractivity contribution in [1.82, 2.24) is 9.80 Å². The second-order valence-electron chi connectivity index (χ2n) is 5.63. The van der Waals surface area contributed by atoms with Gasteiger partial charge in [-0.3, -0.25) is 9.80 Å². The lowest BCUT2D eigenvalue weighted by atomic mass is 9.88. The molecule has 0 unspecified atom stereocenters. The van der Waals surface area contributed by atoms with Gasteiger partial charge in [-0.1, -0.05) is 13.8 Å². The van der Waals surface area contributed by atoms with Gasteiger partial charge in [0.1, 0.15) is 0 Å². The Bertz CT molecular complexity index is 196. The van der Waals surface area contributed by atoms with Gasteiger partial charge in [-0.2, -0.15) is 0 Å². The molecule has 0 N–H and O–H groups in total. The van der Waals surface area contributed by atoms with Crippen LogP contribution in [-0.4, -0.2) is 61.8 Å². The number of methoxy groups -OCH3 is 1. The summed E-state index contributed by atoms with van der Waals surface area (Å²) in [4.78, 5) is 5.12. The highest BCUT2D eigenvalue weighted by molar-refractivity contribution is 4.87. The normalized spacial score (nSPS) is 20.6. The first-order chi connectivity index (χ1) is 7.48. The van der Waals surface area contributed by atoms with E-state index in [0.29, 0.717) is 11.5 Å². The molecule has 0 aliphatic carbocycles. The van der Waals surface area contributed by atoms with Gasteiger partial charge >= 0.3 is 0 Å². The Morgan fingerprint density at radius 1 is 1.12 bits per heavy atom. The Kier molecular flexibility index (Phi) is 5.22. The molecule has 1 heterocycles. The highest BCUT2D eigenvalue weighted by atomic mass is 16.5. The summed E-state index contributed by atoms with van der Waals surface area (Å²) in [6.45, 7) is 16.0. The number of hydrogen-bond acceptors (Lipinski definition) is 3. The Balaban J connectivity index is 2.37. The van der Waals surface area contributed by atoms with Crippen LogP contribution in [-0.2, 0) is 4.74 Å². The molecular weight excluding hydrogens is 200 g/mol. The number of piperazine rings is 1. The van der Waals surface area contributed by atoms with Crippen molar-refractivity contribution in [1.29, 1.82) is 0 Å². The van der Waals surface area contributed by atoms with Crippen molar-refractivity contribution in [3.8, 4) is 0 Å². The summed E-state index contributed by atoms with van der Waals surface area (Å²) in [5, 5.41) is 0. The van der Waals surface area contributed by atoms with Crippen LogP contribution < -0.4 is 0 Å². The second-order valence-corrected chi connectivity index (χ2v) is 5.63. The summed E-state index contributed by atoms with van der Waals surface area (Å²) in [5.74, 6) is 0.707. The molecule has 0 spiro atoms. The Morgan fingerprint density at radius 2 is 1.69 bits per heavy atom. The summed E-state index contributed by atoms with van der Waals surface area (Å²) in [5.41, 5.74) is 0.327. The van der Waals surface area contributed by atoms with Gasteiger partial charge in [-0.15, -0.1) is 0 Å². The third-order valence-corrected chi connectivity index (χ3v) is 4.21. The van der Waals surface area contributed by atoms with Gasteiger partial charge < -0.3 is 4.74 Å². The first kappa shape index (κ1) is 13.9. The monoisotopic (exact) mass is 228 g/mol. The molecule has 0 aromatic rings. The number of rotatable bonds is 5. The fourth-order valence-corrected chi connectivity index (χ4v) is 2.13. The zero-order chi connectivity index (χ0) is 12.2. The minimum Gasteiger partial charge on any atom is -0.383 e. The average Bonchev–Trinajstić information content (AvgIpc) is 2.26. The van der Waals surface area contributed by atoms with Crippen LogP contribution in [0.4, 0.5) is 0 Å². The van der Waals surface area contributed by atoms with Crippen molar-refractivity contribution in [2.45, 2.75) is 33.2 Å². The van der Waals surface area contributed by atoms with Crippen molar-refractivity contribution < 1.29 is 4.74 Å². The van der Waals surface area contributed by atoms with E-state index in [1.807, 2.05) is 0 Å². The van der Waals surface area contributed by atoms with Crippen LogP contribution in [0.15, 0.2) is 0 Å². The molecule has 1 aliphatic heterocycles. The van der Waals surface area contributed by atoms with E-state index >= 15 is 0 Å². The van der Waals surface area contributed by atoms with E-state index < -0.39 is 0 Å². The molecule has 1 rings (SSSR count). The van der Waals surface area contributed by atoms with Gasteiger partial charge in [0.05, 0.1) is 6.61 Å². The van der Waals surface area contributed by atoms with Crippen LogP contribution in [0.3, 0.4) is 0 Å². The summed E-state index contributed by atoms with van der Waals surface area (Å²) < 4.78 is 5.12. The van der Waals surface area contributed by atoms with Crippen molar-refractivity contribution in [3.63, 3.8) is 0 Å². The SMILES string of the molecule is COCCN1CCN(C(C)(C)C(C)C)CC1. The first-order valence-electron chi connectivity index (χ1n) is 6.45. The zero-order valence-corrected chi connectivity index (χ0v) is 11.6. The second kappa shape index (κ2) is 5.99. The van der Waals surface area contributed by atoms with Crippen LogP contribution in [0, 0.1) is 5.92 Å². The van der Waals surface area contributed by atoms with Crippen molar-refractivity contribution in [2.24, 2.45) is 5.92 Å². The minimum absolute atomic E-state index is 0.327. The lowest BCUT2D eigenvalue weighted by molar-refractivity contribution is 0.0186. The fourth-order valence-electron chi connectivity index (χ4n) is 2.13. The Hall–Kier alpha value is -0.120. The molecule has 1 fully saturated rings. The van der Waals surface area contributed by atoms with Crippen LogP contribution in [0.5, 0.6) is 0 Å². The lowest BCUT2D eigenvalue weighted by Gasteiger charge is -2.46. The van der Waals surface area contributed by atoms with Gasteiger partial charge in [0.15, 0.2) is 0 Å². The minimum atomic E-state index is 0.327. The topological polar surface area (TPSA) is 15.7 Å². The van der Waals surface area contributed by atoms with Crippen LogP contribution in [0.25, 0.3) is 0 Å². The molecule has 0 aromatic heterocycles. The summed E-state index contributed by atoms with van der Waals surface area (Å²) >= 11 is 0. The number of ether oxygens (including phenoxy) is 1. The molecule has 3 heteroatoms. The molecule has 0 radical (unpaired) electrons. The van der Waals surface area contributed by atoms with E-state index in [9.17, 15) is 0 Å². The van der Waals surface area contributed by atoms with E-state index in [2.05, 4.69) is 37.5 Å². The molecule has 0 aromatic carbocycles. The number of hydrogen-bond donors (Lipinski definition) is 0. The van der Waals surface area contributed by atoms with E-state index in [0.717, 1.165) is 13.2 Å². The first-order valence-corrected chi connectivity index (χ1v) is 6.45. The highest BCUT2D eigenvalue weighted by Crippen LogP contribution is 2.24. The molecule has 0 atom stereocenters. The van der Waals surface area contributed by atoms with Gasteiger partial charge in [0, 0.05) is 45.4 Å². The molecular formula is C13H28N2O. The van der Waals surface area contributed by atoms with Gasteiger partial charge in [0.2, 0.25) is 0 Å². The van der Waals surface area contributed by atoms with Gasteiger partial charge in [0.25, 0.3) is 0 Å². The maximum atomic E-state index is 5.12. The van der Waals surface area contributed by atoms with Gasteiger partial charge in [-0.25, -0.2) is 0 Å². The van der Waals surface area contributed by atoms with Crippen molar-refractivity contribution in [3.05, 3.63) is 0 Å². The Morgan fingerprint density at radius 3 is 2.12 bits per heavy atom. The third kappa shape index (κ3) is 3.44. The van der Waals surface area contributed by atoms with E-state index in [-0.39, 0.29) is 0 Å². The molecule has 96 valence electrons. The van der Waals surface area contributed by atoms with Crippen LogP contribution in [0.1, 0.15) is 27.7 Å². The Labute approximate surface area is 101 Å². The maximum absolute atomic E-state index is 5.12. The molecule has 0 saturated carbocycles. The smallest absolute Gasteiger partial charge is 0.0589 e. The van der Waals surface area contributed by atoms with E-state index in [1.54, 1.807) is 7.11 Å². The predicted molar refractivity (Wildman–Crippen MR) is 68.8 cm³/mol. The summed E-state index contributed by atoms with van der Waals surface area (Å²) in [7, 11) is 1.78. The lowest BCUT2D eigenvalue weighted by Crippen LogP contribution is -2.56. The van der Waals surface area contributed by atoms with Crippen LogP contribution >= 0.6 is 0 Å². The molecule has 3 nitrogen and oxygen atoms in total. The molecule has 1 saturated heterocycles. The standard InChI is InChI=1S/C13H28N2O/c1-12(2)13(3,4)15-8-6-14(7-9-15)10-11-16-5/h12H,6-11H2,1-5H3. The summed E-state index contributed by atoms with van der Waals surface area (Å²) in [6.07, 6.45) is 0. The average molecular weight is 228 g/mol. The molecule has 16 heavy (non-hydrogen) atoms. The van der Waals surface area contributed by atoms with E-state index in [4.69, 9.17) is 4.74 Å². The number of nitrogens with zero attached hydrogens (tertiary/aromatic N) is 2. The quantitative estimate of drug-likeness (QED) is 0.712. The maximum Gasteiger partial charge on any atom is 0.0589 e. The summed E-state index contributed by atoms with van der Waals surface area (Å²) in [6, 6.07) is 0. The molecule has 1 aliphatic rings. The van der Waals surface area contributed by atoms with Crippen LogP contribution in [0.2, 0.25) is 0 Å². The van der Waals surface area contributed by atoms with Crippen molar-refractivity contribution in [2.75, 3.05) is 46.4 Å². The largest absolute Gasteiger partial charge is 0.383 e. The predicted octanol–water partition coefficient (Wildman–Crippen LogP) is 1.68. The highest BCUT2D eigenvalue weighted by Gasteiger charge is 2.32. The molecule has 0 amide bonds. The fraction of sp³-hybridized carbons (Fsp3) is 1.00. The third-order valence-electron chi connectivity index (χ3n) is 4.21. The molecule has 0 bridgehead atoms. The van der Waals surface area contributed by atoms with Gasteiger partial charge in [-0.05, 0) is 19.8 Å². The zero-order valence-electron chi connectivity index (χ0n) is 11.6. The van der Waals surface area contributed by atoms with E-state index in [1.165, 1.54) is 26.2 Å².